The van der Waals surface area contributed by atoms with E-state index >= 15 is 0 Å². The molecule has 0 spiro atoms. The molecule has 0 bridgehead atoms. The van der Waals surface area contributed by atoms with Crippen LogP contribution in [0.5, 0.6) is 11.5 Å². The molecule has 186 valence electrons. The molecule has 2 heterocycles. The van der Waals surface area contributed by atoms with Gasteiger partial charge in [0.2, 0.25) is 0 Å². The van der Waals surface area contributed by atoms with Crippen LogP contribution in [0, 0.1) is 5.82 Å². The number of unbranched alkanes of at least 4 members (excludes halogenated alkanes) is 1. The standard InChI is InChI=1S/C28H26ClFN2O4/c29-19-5-12-25-24(17-19)23-13-14-32(28(34)36-22-10-6-20(30)7-11-22)27(26(23)31-25)18-3-8-21(9-4-18)35-16-2-1-15-33/h3-12,17,27,31,33H,1-2,13-16H2/t27-/m0/s1. The Labute approximate surface area is 213 Å². The summed E-state index contributed by atoms with van der Waals surface area (Å²) in [5.41, 5.74) is 3.87. The van der Waals surface area contributed by atoms with E-state index in [4.69, 9.17) is 26.2 Å². The van der Waals surface area contributed by atoms with Crippen LogP contribution < -0.4 is 9.47 Å². The second kappa shape index (κ2) is 10.6. The number of aliphatic hydroxyl groups excluding tert-OH is 1. The molecule has 0 saturated carbocycles. The Morgan fingerprint density at radius 1 is 1.06 bits per heavy atom. The highest BCUT2D eigenvalue weighted by Crippen LogP contribution is 2.40. The molecular weight excluding hydrogens is 483 g/mol. The first-order chi connectivity index (χ1) is 17.5. The molecule has 0 aliphatic carbocycles. The third kappa shape index (κ3) is 5.03. The van der Waals surface area contributed by atoms with E-state index in [9.17, 15) is 9.18 Å². The van der Waals surface area contributed by atoms with Crippen molar-refractivity contribution in [2.24, 2.45) is 0 Å². The monoisotopic (exact) mass is 508 g/mol. The van der Waals surface area contributed by atoms with Crippen LogP contribution in [-0.2, 0) is 6.42 Å². The van der Waals surface area contributed by atoms with Crippen molar-refractivity contribution in [3.05, 3.63) is 94.4 Å². The fraction of sp³-hybridized carbons (Fsp3) is 0.250. The Balaban J connectivity index is 1.47. The summed E-state index contributed by atoms with van der Waals surface area (Å²) in [5.74, 6) is 0.600. The molecule has 8 heteroatoms. The lowest BCUT2D eigenvalue weighted by molar-refractivity contribution is 0.135. The van der Waals surface area contributed by atoms with E-state index in [2.05, 4.69) is 4.98 Å². The molecule has 0 radical (unpaired) electrons. The number of benzene rings is 3. The number of nitrogens with zero attached hydrogens (tertiary/aromatic N) is 1. The van der Waals surface area contributed by atoms with Crippen LogP contribution in [0.2, 0.25) is 5.02 Å². The topological polar surface area (TPSA) is 74.8 Å². The number of ether oxygens (including phenoxy) is 2. The van der Waals surface area contributed by atoms with E-state index in [1.165, 1.54) is 24.3 Å². The van der Waals surface area contributed by atoms with Crippen LogP contribution >= 0.6 is 11.6 Å². The van der Waals surface area contributed by atoms with Crippen molar-refractivity contribution < 1.29 is 23.8 Å². The van der Waals surface area contributed by atoms with Gasteiger partial charge in [0.25, 0.3) is 0 Å². The molecule has 0 unspecified atom stereocenters. The van der Waals surface area contributed by atoms with Crippen molar-refractivity contribution in [3.63, 3.8) is 0 Å². The van der Waals surface area contributed by atoms with Crippen molar-refractivity contribution in [1.29, 1.82) is 0 Å². The van der Waals surface area contributed by atoms with Crippen LogP contribution in [0.1, 0.15) is 35.7 Å². The molecule has 2 N–H and O–H groups in total. The van der Waals surface area contributed by atoms with Gasteiger partial charge in [-0.3, -0.25) is 4.90 Å². The summed E-state index contributed by atoms with van der Waals surface area (Å²) in [6, 6.07) is 18.3. The van der Waals surface area contributed by atoms with Gasteiger partial charge in [0.15, 0.2) is 0 Å². The summed E-state index contributed by atoms with van der Waals surface area (Å²) in [5, 5.41) is 10.6. The minimum Gasteiger partial charge on any atom is -0.494 e. The summed E-state index contributed by atoms with van der Waals surface area (Å²) in [6.45, 7) is 1.11. The van der Waals surface area contributed by atoms with E-state index < -0.39 is 18.0 Å². The number of nitrogens with one attached hydrogen (secondary N) is 1. The number of halogens is 2. The Hall–Kier alpha value is -3.55. The van der Waals surface area contributed by atoms with Crippen LogP contribution in [0.4, 0.5) is 9.18 Å². The molecule has 5 rings (SSSR count). The molecule has 1 aliphatic heterocycles. The molecule has 4 aromatic rings. The van der Waals surface area contributed by atoms with Crippen LogP contribution in [0.3, 0.4) is 0 Å². The second-order valence-corrected chi connectivity index (χ2v) is 9.16. The predicted octanol–water partition coefficient (Wildman–Crippen LogP) is 6.26. The quantitative estimate of drug-likeness (QED) is 0.289. The number of aromatic amines is 1. The Morgan fingerprint density at radius 2 is 1.81 bits per heavy atom. The number of rotatable bonds is 7. The lowest BCUT2D eigenvalue weighted by atomic mass is 9.92. The van der Waals surface area contributed by atoms with Crippen molar-refractivity contribution in [2.75, 3.05) is 19.8 Å². The Kier molecular flexibility index (Phi) is 7.11. The average molecular weight is 509 g/mol. The molecule has 1 amide bonds. The smallest absolute Gasteiger partial charge is 0.416 e. The van der Waals surface area contributed by atoms with Crippen molar-refractivity contribution >= 4 is 28.6 Å². The highest BCUT2D eigenvalue weighted by Gasteiger charge is 2.35. The zero-order chi connectivity index (χ0) is 25.1. The van der Waals surface area contributed by atoms with Crippen molar-refractivity contribution in [1.82, 2.24) is 9.88 Å². The van der Waals surface area contributed by atoms with Crippen molar-refractivity contribution in [3.8, 4) is 11.5 Å². The highest BCUT2D eigenvalue weighted by molar-refractivity contribution is 6.31. The van der Waals surface area contributed by atoms with Gasteiger partial charge in [-0.1, -0.05) is 23.7 Å². The molecule has 0 fully saturated rings. The van der Waals surface area contributed by atoms with Gasteiger partial charge >= 0.3 is 6.09 Å². The van der Waals surface area contributed by atoms with Crippen molar-refractivity contribution in [2.45, 2.75) is 25.3 Å². The SMILES string of the molecule is O=C(Oc1ccc(F)cc1)N1CCc2c([nH]c3ccc(Cl)cc23)[C@@H]1c1ccc(OCCCCO)cc1. The van der Waals surface area contributed by atoms with Gasteiger partial charge in [0.1, 0.15) is 23.4 Å². The fourth-order valence-electron chi connectivity index (χ4n) is 4.62. The van der Waals surface area contributed by atoms with Gasteiger partial charge in [0.05, 0.1) is 6.61 Å². The maximum absolute atomic E-state index is 13.3. The van der Waals surface area contributed by atoms with E-state index in [0.29, 0.717) is 31.0 Å². The van der Waals surface area contributed by atoms with Gasteiger partial charge in [-0.15, -0.1) is 0 Å². The first kappa shape index (κ1) is 24.2. The number of amides is 1. The number of hydrogen-bond acceptors (Lipinski definition) is 4. The molecular formula is C28H26ClFN2O4. The van der Waals surface area contributed by atoms with Gasteiger partial charge in [-0.25, -0.2) is 9.18 Å². The molecule has 1 aliphatic rings. The fourth-order valence-corrected chi connectivity index (χ4v) is 4.79. The van der Waals surface area contributed by atoms with Crippen LogP contribution in [-0.4, -0.2) is 40.8 Å². The summed E-state index contributed by atoms with van der Waals surface area (Å²) in [7, 11) is 0. The van der Waals surface area contributed by atoms with E-state index in [0.717, 1.165) is 39.9 Å². The second-order valence-electron chi connectivity index (χ2n) is 8.72. The van der Waals surface area contributed by atoms with E-state index in [1.54, 1.807) is 4.90 Å². The zero-order valence-electron chi connectivity index (χ0n) is 19.5. The molecule has 3 aromatic carbocycles. The number of H-pyrrole nitrogens is 1. The number of aromatic nitrogens is 1. The molecule has 6 nitrogen and oxygen atoms in total. The molecule has 1 atom stereocenters. The largest absolute Gasteiger partial charge is 0.494 e. The van der Waals surface area contributed by atoms with E-state index in [-0.39, 0.29) is 12.4 Å². The molecule has 1 aromatic heterocycles. The Bertz CT molecular complexity index is 1350. The number of hydrogen-bond donors (Lipinski definition) is 2. The minimum atomic E-state index is -0.515. The third-order valence-electron chi connectivity index (χ3n) is 6.36. The summed E-state index contributed by atoms with van der Waals surface area (Å²) >= 11 is 6.28. The van der Waals surface area contributed by atoms with Gasteiger partial charge in [-0.05, 0) is 85.0 Å². The summed E-state index contributed by atoms with van der Waals surface area (Å²) in [4.78, 5) is 18.5. The maximum atomic E-state index is 13.3. The zero-order valence-corrected chi connectivity index (χ0v) is 20.3. The average Bonchev–Trinajstić information content (AvgIpc) is 3.25. The van der Waals surface area contributed by atoms with E-state index in [1.807, 2.05) is 42.5 Å². The number of carbonyl (C=O) groups excluding carboxylic acids is 1. The van der Waals surface area contributed by atoms with Crippen LogP contribution in [0.25, 0.3) is 10.9 Å². The van der Waals surface area contributed by atoms with Gasteiger partial charge < -0.3 is 19.6 Å². The van der Waals surface area contributed by atoms with Crippen LogP contribution in [0.15, 0.2) is 66.7 Å². The lowest BCUT2D eigenvalue weighted by Crippen LogP contribution is -2.42. The number of carbonyl (C=O) groups is 1. The van der Waals surface area contributed by atoms with Gasteiger partial charge in [0, 0.05) is 34.8 Å². The third-order valence-corrected chi connectivity index (χ3v) is 6.59. The number of fused-ring (bicyclic) bond motifs is 3. The Morgan fingerprint density at radius 3 is 2.56 bits per heavy atom. The first-order valence-corrected chi connectivity index (χ1v) is 12.3. The first-order valence-electron chi connectivity index (χ1n) is 11.9. The molecule has 0 saturated heterocycles. The minimum absolute atomic E-state index is 0.145. The summed E-state index contributed by atoms with van der Waals surface area (Å²) in [6.07, 6.45) is 1.58. The maximum Gasteiger partial charge on any atom is 0.416 e. The lowest BCUT2D eigenvalue weighted by Gasteiger charge is -2.35. The van der Waals surface area contributed by atoms with Gasteiger partial charge in [-0.2, -0.15) is 0 Å². The number of aliphatic hydroxyl groups is 1. The summed E-state index contributed by atoms with van der Waals surface area (Å²) < 4.78 is 24.7. The normalized spacial score (nSPS) is 15.1. The molecule has 36 heavy (non-hydrogen) atoms. The highest BCUT2D eigenvalue weighted by atomic mass is 35.5. The predicted molar refractivity (Wildman–Crippen MR) is 136 cm³/mol.